The molecule has 1 aliphatic heterocycles. The second-order valence-corrected chi connectivity index (χ2v) is 4.45. The molecule has 0 aliphatic carbocycles. The van der Waals surface area contributed by atoms with Crippen LogP contribution >= 0.6 is 24.0 Å². The molecule has 0 bridgehead atoms. The maximum atomic E-state index is 12.0. The van der Waals surface area contributed by atoms with Crippen LogP contribution in [-0.2, 0) is 4.74 Å². The molecule has 1 aliphatic rings. The first-order valence-corrected chi connectivity index (χ1v) is 5.98. The van der Waals surface area contributed by atoms with E-state index < -0.39 is 12.6 Å². The summed E-state index contributed by atoms with van der Waals surface area (Å²) >= 11 is 0. The molecule has 114 valence electrons. The Morgan fingerprint density at radius 1 is 1.47 bits per heavy atom. The molecule has 19 heavy (non-hydrogen) atoms. The third-order valence-corrected chi connectivity index (χ3v) is 2.82. The van der Waals surface area contributed by atoms with E-state index >= 15 is 0 Å². The monoisotopic (exact) mass is 395 g/mol. The van der Waals surface area contributed by atoms with Crippen molar-refractivity contribution in [2.45, 2.75) is 19.0 Å². The quantitative estimate of drug-likeness (QED) is 0.450. The predicted molar refractivity (Wildman–Crippen MR) is 79.0 cm³/mol. The summed E-state index contributed by atoms with van der Waals surface area (Å²) in [7, 11) is 3.39. The van der Waals surface area contributed by atoms with E-state index in [-0.39, 0.29) is 30.5 Å². The van der Waals surface area contributed by atoms with Gasteiger partial charge in [0, 0.05) is 39.7 Å². The van der Waals surface area contributed by atoms with Crippen LogP contribution < -0.4 is 5.32 Å². The number of alkyl halides is 3. The van der Waals surface area contributed by atoms with E-state index in [0.717, 1.165) is 19.6 Å². The second-order valence-electron chi connectivity index (χ2n) is 4.45. The van der Waals surface area contributed by atoms with Gasteiger partial charge in [0.1, 0.15) is 0 Å². The fraction of sp³-hybridized carbons (Fsp3) is 0.909. The largest absolute Gasteiger partial charge is 0.390 e. The molecule has 1 saturated heterocycles. The van der Waals surface area contributed by atoms with Gasteiger partial charge in [0.2, 0.25) is 0 Å². The fourth-order valence-corrected chi connectivity index (χ4v) is 1.90. The van der Waals surface area contributed by atoms with Gasteiger partial charge >= 0.3 is 6.18 Å². The number of nitrogens with one attached hydrogen (secondary N) is 1. The Labute approximate surface area is 128 Å². The van der Waals surface area contributed by atoms with Gasteiger partial charge in [-0.3, -0.25) is 4.99 Å². The molecule has 0 aromatic heterocycles. The molecule has 0 aromatic carbocycles. The van der Waals surface area contributed by atoms with Crippen LogP contribution in [0.25, 0.3) is 0 Å². The molecule has 1 N–H and O–H groups in total. The summed E-state index contributed by atoms with van der Waals surface area (Å²) in [4.78, 5) is 5.82. The zero-order valence-corrected chi connectivity index (χ0v) is 13.5. The van der Waals surface area contributed by atoms with E-state index in [0.29, 0.717) is 18.5 Å². The zero-order valence-electron chi connectivity index (χ0n) is 11.2. The highest BCUT2D eigenvalue weighted by atomic mass is 127. The Bertz CT molecular complexity index is 281. The van der Waals surface area contributed by atoms with Crippen LogP contribution in [0.1, 0.15) is 12.8 Å². The minimum atomic E-state index is -4.14. The van der Waals surface area contributed by atoms with Crippen molar-refractivity contribution in [3.63, 3.8) is 0 Å². The molecule has 0 spiro atoms. The van der Waals surface area contributed by atoms with Crippen molar-refractivity contribution in [2.24, 2.45) is 10.9 Å². The second kappa shape index (κ2) is 8.83. The van der Waals surface area contributed by atoms with Gasteiger partial charge in [-0.15, -0.1) is 24.0 Å². The molecule has 1 fully saturated rings. The van der Waals surface area contributed by atoms with Crippen LogP contribution in [0.15, 0.2) is 4.99 Å². The van der Waals surface area contributed by atoms with E-state index in [1.165, 1.54) is 0 Å². The van der Waals surface area contributed by atoms with Gasteiger partial charge in [-0.1, -0.05) is 0 Å². The Balaban J connectivity index is 0.00000324. The first kappa shape index (κ1) is 18.8. The average molecular weight is 395 g/mol. The highest BCUT2D eigenvalue weighted by Gasteiger charge is 2.26. The summed E-state index contributed by atoms with van der Waals surface area (Å²) in [5, 5.41) is 2.71. The number of hydrogen-bond donors (Lipinski definition) is 1. The molecule has 1 unspecified atom stereocenters. The van der Waals surface area contributed by atoms with Gasteiger partial charge in [0.05, 0.1) is 13.0 Å². The molecule has 0 amide bonds. The van der Waals surface area contributed by atoms with Crippen LogP contribution in [0.2, 0.25) is 0 Å². The molecule has 0 aromatic rings. The summed E-state index contributed by atoms with van der Waals surface area (Å²) < 4.78 is 41.3. The summed E-state index contributed by atoms with van der Waals surface area (Å²) in [5.74, 6) is 0.919. The van der Waals surface area contributed by atoms with Gasteiger partial charge in [0.25, 0.3) is 0 Å². The van der Waals surface area contributed by atoms with Gasteiger partial charge in [-0.05, 0) is 6.42 Å². The van der Waals surface area contributed by atoms with Crippen LogP contribution in [0, 0.1) is 5.92 Å². The molecule has 0 radical (unpaired) electrons. The Kier molecular flexibility index (Phi) is 8.71. The highest BCUT2D eigenvalue weighted by Crippen LogP contribution is 2.18. The maximum absolute atomic E-state index is 12.0. The molecular weight excluding hydrogens is 374 g/mol. The predicted octanol–water partition coefficient (Wildman–Crippen LogP) is 2.10. The lowest BCUT2D eigenvalue weighted by Gasteiger charge is -2.24. The van der Waals surface area contributed by atoms with Crippen LogP contribution in [0.4, 0.5) is 13.2 Å². The first-order chi connectivity index (χ1) is 8.42. The summed E-state index contributed by atoms with van der Waals surface area (Å²) in [6.45, 7) is 2.07. The van der Waals surface area contributed by atoms with Crippen molar-refractivity contribution in [1.82, 2.24) is 10.2 Å². The van der Waals surface area contributed by atoms with E-state index in [2.05, 4.69) is 10.3 Å². The number of hydrogen-bond acceptors (Lipinski definition) is 2. The van der Waals surface area contributed by atoms with Gasteiger partial charge < -0.3 is 15.0 Å². The summed E-state index contributed by atoms with van der Waals surface area (Å²) in [6.07, 6.45) is -4.00. The van der Waals surface area contributed by atoms with Crippen LogP contribution in [0.3, 0.4) is 0 Å². The standard InChI is InChI=1S/C11H20F3N3O.HI/c1-15-10(16-5-4-11(12,13)14)17(2)7-9-3-6-18-8-9;/h9H,3-8H2,1-2H3,(H,15,16);1H. The van der Waals surface area contributed by atoms with E-state index in [9.17, 15) is 13.2 Å². The van der Waals surface area contributed by atoms with Crippen molar-refractivity contribution in [3.05, 3.63) is 0 Å². The first-order valence-electron chi connectivity index (χ1n) is 5.98. The molecule has 1 heterocycles. The summed E-state index contributed by atoms with van der Waals surface area (Å²) in [6, 6.07) is 0. The van der Waals surface area contributed by atoms with Crippen molar-refractivity contribution < 1.29 is 17.9 Å². The third kappa shape index (κ3) is 7.81. The highest BCUT2D eigenvalue weighted by molar-refractivity contribution is 14.0. The Morgan fingerprint density at radius 3 is 2.63 bits per heavy atom. The van der Waals surface area contributed by atoms with E-state index in [1.54, 1.807) is 7.05 Å². The Hall–Kier alpha value is -0.250. The van der Waals surface area contributed by atoms with Gasteiger partial charge in [0.15, 0.2) is 5.96 Å². The molecule has 1 rings (SSSR count). The minimum absolute atomic E-state index is 0. The fourth-order valence-electron chi connectivity index (χ4n) is 1.90. The maximum Gasteiger partial charge on any atom is 0.390 e. The number of aliphatic imine (C=N–C) groups is 1. The van der Waals surface area contributed by atoms with Crippen molar-refractivity contribution >= 4 is 29.9 Å². The number of nitrogens with zero attached hydrogens (tertiary/aromatic N) is 2. The van der Waals surface area contributed by atoms with Crippen molar-refractivity contribution in [3.8, 4) is 0 Å². The topological polar surface area (TPSA) is 36.9 Å². The molecular formula is C11H21F3IN3O. The van der Waals surface area contributed by atoms with Crippen molar-refractivity contribution in [1.29, 1.82) is 0 Å². The van der Waals surface area contributed by atoms with Gasteiger partial charge in [-0.2, -0.15) is 13.2 Å². The summed E-state index contributed by atoms with van der Waals surface area (Å²) in [5.41, 5.74) is 0. The zero-order chi connectivity index (χ0) is 13.6. The molecule has 4 nitrogen and oxygen atoms in total. The number of rotatable bonds is 4. The van der Waals surface area contributed by atoms with E-state index in [1.807, 2.05) is 11.9 Å². The lowest BCUT2D eigenvalue weighted by molar-refractivity contribution is -0.132. The molecule has 8 heteroatoms. The van der Waals surface area contributed by atoms with Crippen LogP contribution in [0.5, 0.6) is 0 Å². The van der Waals surface area contributed by atoms with Gasteiger partial charge in [-0.25, -0.2) is 0 Å². The third-order valence-electron chi connectivity index (χ3n) is 2.82. The molecule has 1 atom stereocenters. The lowest BCUT2D eigenvalue weighted by atomic mass is 10.1. The smallest absolute Gasteiger partial charge is 0.381 e. The normalized spacial score (nSPS) is 20.1. The average Bonchev–Trinajstić information content (AvgIpc) is 2.75. The molecule has 0 saturated carbocycles. The Morgan fingerprint density at radius 2 is 2.16 bits per heavy atom. The van der Waals surface area contributed by atoms with Crippen molar-refractivity contribution in [2.75, 3.05) is 40.4 Å². The van der Waals surface area contributed by atoms with E-state index in [4.69, 9.17) is 4.74 Å². The number of guanidine groups is 1. The number of ether oxygens (including phenoxy) is 1. The lowest BCUT2D eigenvalue weighted by Crippen LogP contribution is -2.42. The van der Waals surface area contributed by atoms with Crippen LogP contribution in [-0.4, -0.2) is 57.4 Å². The SMILES string of the molecule is CN=C(NCCC(F)(F)F)N(C)CC1CCOC1.I. The minimum Gasteiger partial charge on any atom is -0.381 e. The number of halogens is 4.